The monoisotopic (exact) mass is 313 g/mol. The number of aliphatic hydroxyl groups is 1. The van der Waals surface area contributed by atoms with Crippen LogP contribution >= 0.6 is 15.9 Å². The Bertz CT molecular complexity index is 365. The number of carbonyl (C=O) groups is 1. The van der Waals surface area contributed by atoms with Gasteiger partial charge in [-0.3, -0.25) is 4.79 Å². The second kappa shape index (κ2) is 8.27. The average molecular weight is 314 g/mol. The molecule has 0 spiro atoms. The molecule has 0 aliphatic heterocycles. The first-order valence-corrected chi connectivity index (χ1v) is 7.06. The van der Waals surface area contributed by atoms with E-state index >= 15 is 0 Å². The minimum atomic E-state index is -0.149. The quantitative estimate of drug-likeness (QED) is 0.760. The Hall–Kier alpha value is -0.870. The van der Waals surface area contributed by atoms with Gasteiger partial charge in [-0.1, -0.05) is 28.1 Å². The molecule has 1 rings (SSSR count). The molecule has 0 aliphatic rings. The first kappa shape index (κ1) is 15.2. The maximum atomic E-state index is 11.4. The van der Waals surface area contributed by atoms with Crippen molar-refractivity contribution in [3.05, 3.63) is 34.3 Å². The number of amides is 1. The van der Waals surface area contributed by atoms with Crippen LogP contribution in [0.2, 0.25) is 0 Å². The van der Waals surface area contributed by atoms with Gasteiger partial charge in [0.1, 0.15) is 0 Å². The molecular formula is C14H20BrNO2. The Balaban J connectivity index is 2.15. The predicted octanol–water partition coefficient (Wildman–Crippen LogP) is 2.66. The topological polar surface area (TPSA) is 49.3 Å². The molecule has 1 amide bonds. The molecule has 1 unspecified atom stereocenters. The molecule has 0 fully saturated rings. The van der Waals surface area contributed by atoms with Crippen molar-refractivity contribution in [2.24, 2.45) is 0 Å². The molecule has 4 heteroatoms. The molecule has 18 heavy (non-hydrogen) atoms. The summed E-state index contributed by atoms with van der Waals surface area (Å²) in [7, 11) is 0. The van der Waals surface area contributed by atoms with Crippen LogP contribution in [0.25, 0.3) is 0 Å². The maximum absolute atomic E-state index is 11.4. The van der Waals surface area contributed by atoms with Crippen LogP contribution in [0.4, 0.5) is 0 Å². The van der Waals surface area contributed by atoms with E-state index in [9.17, 15) is 4.79 Å². The van der Waals surface area contributed by atoms with Crippen LogP contribution in [0.15, 0.2) is 28.7 Å². The Morgan fingerprint density at radius 3 is 2.61 bits per heavy atom. The highest BCUT2D eigenvalue weighted by Gasteiger charge is 2.05. The minimum absolute atomic E-state index is 0.00929. The van der Waals surface area contributed by atoms with Gasteiger partial charge in [-0.2, -0.15) is 0 Å². The summed E-state index contributed by atoms with van der Waals surface area (Å²) >= 11 is 3.40. The fraction of sp³-hybridized carbons (Fsp3) is 0.500. The maximum Gasteiger partial charge on any atom is 0.220 e. The molecule has 0 aliphatic carbocycles. The van der Waals surface area contributed by atoms with E-state index < -0.39 is 0 Å². The van der Waals surface area contributed by atoms with Gasteiger partial charge in [0.25, 0.3) is 0 Å². The Morgan fingerprint density at radius 2 is 2.00 bits per heavy atom. The van der Waals surface area contributed by atoms with Crippen LogP contribution in [-0.4, -0.2) is 23.7 Å². The fourth-order valence-corrected chi connectivity index (χ4v) is 1.92. The summed E-state index contributed by atoms with van der Waals surface area (Å²) in [5, 5.41) is 11.5. The summed E-state index contributed by atoms with van der Waals surface area (Å²) in [6.07, 6.45) is 3.40. The second-order valence-electron chi connectivity index (χ2n) is 4.48. The van der Waals surface area contributed by atoms with Crippen LogP contribution in [0.1, 0.15) is 31.7 Å². The van der Waals surface area contributed by atoms with E-state index in [-0.39, 0.29) is 18.6 Å². The molecule has 0 radical (unpaired) electrons. The highest BCUT2D eigenvalue weighted by Crippen LogP contribution is 2.12. The van der Waals surface area contributed by atoms with Gasteiger partial charge in [-0.05, 0) is 43.9 Å². The van der Waals surface area contributed by atoms with Crippen molar-refractivity contribution in [2.75, 3.05) is 6.61 Å². The van der Waals surface area contributed by atoms with Crippen molar-refractivity contribution in [3.63, 3.8) is 0 Å². The normalized spacial score (nSPS) is 12.2. The zero-order chi connectivity index (χ0) is 13.4. The zero-order valence-electron chi connectivity index (χ0n) is 10.7. The lowest BCUT2D eigenvalue weighted by molar-refractivity contribution is -0.122. The number of hydrogen-bond donors (Lipinski definition) is 2. The van der Waals surface area contributed by atoms with Gasteiger partial charge in [0, 0.05) is 16.9 Å². The van der Waals surface area contributed by atoms with Gasteiger partial charge in [0.05, 0.1) is 6.61 Å². The summed E-state index contributed by atoms with van der Waals surface area (Å²) in [5.41, 5.74) is 1.29. The molecule has 1 aromatic rings. The number of unbranched alkanes of at least 4 members (excludes halogenated alkanes) is 1. The van der Waals surface area contributed by atoms with Crippen LogP contribution in [-0.2, 0) is 11.2 Å². The minimum Gasteiger partial charge on any atom is -0.394 e. The number of aryl methyl sites for hydroxylation is 1. The van der Waals surface area contributed by atoms with E-state index in [4.69, 9.17) is 5.11 Å². The number of carbonyl (C=O) groups excluding carboxylic acids is 1. The van der Waals surface area contributed by atoms with Gasteiger partial charge in [-0.15, -0.1) is 0 Å². The molecule has 0 aromatic heterocycles. The fourth-order valence-electron chi connectivity index (χ4n) is 1.66. The van der Waals surface area contributed by atoms with Crippen LogP contribution in [0.5, 0.6) is 0 Å². The van der Waals surface area contributed by atoms with E-state index in [1.807, 2.05) is 12.1 Å². The molecule has 0 heterocycles. The van der Waals surface area contributed by atoms with Gasteiger partial charge in [0.15, 0.2) is 0 Å². The summed E-state index contributed by atoms with van der Waals surface area (Å²) in [5.74, 6) is 0.0207. The summed E-state index contributed by atoms with van der Waals surface area (Å²) in [6, 6.07) is 8.11. The lowest BCUT2D eigenvalue weighted by atomic mass is 10.1. The first-order chi connectivity index (χ1) is 8.61. The van der Waals surface area contributed by atoms with Gasteiger partial charge >= 0.3 is 0 Å². The molecule has 100 valence electrons. The highest BCUT2D eigenvalue weighted by molar-refractivity contribution is 9.10. The van der Waals surface area contributed by atoms with Crippen LogP contribution in [0, 0.1) is 0 Å². The Labute approximate surface area is 117 Å². The SMILES string of the molecule is CC(CO)NC(=O)CCCCc1ccc(Br)cc1. The Kier molecular flexibility index (Phi) is 6.98. The number of benzene rings is 1. The van der Waals surface area contributed by atoms with Crippen molar-refractivity contribution in [1.82, 2.24) is 5.32 Å². The third-order valence-corrected chi connectivity index (χ3v) is 3.24. The molecule has 3 nitrogen and oxygen atoms in total. The first-order valence-electron chi connectivity index (χ1n) is 6.26. The van der Waals surface area contributed by atoms with Gasteiger partial charge < -0.3 is 10.4 Å². The Morgan fingerprint density at radius 1 is 1.33 bits per heavy atom. The van der Waals surface area contributed by atoms with Crippen LogP contribution in [0.3, 0.4) is 0 Å². The molecule has 2 N–H and O–H groups in total. The van der Waals surface area contributed by atoms with E-state index in [0.29, 0.717) is 6.42 Å². The van der Waals surface area contributed by atoms with Crippen molar-refractivity contribution in [3.8, 4) is 0 Å². The lowest BCUT2D eigenvalue weighted by Crippen LogP contribution is -2.34. The predicted molar refractivity (Wildman–Crippen MR) is 76.4 cm³/mol. The van der Waals surface area contributed by atoms with Gasteiger partial charge in [-0.25, -0.2) is 0 Å². The molecule has 0 saturated heterocycles. The van der Waals surface area contributed by atoms with E-state index in [1.165, 1.54) is 5.56 Å². The summed E-state index contributed by atoms with van der Waals surface area (Å²) in [6.45, 7) is 1.78. The van der Waals surface area contributed by atoms with Crippen molar-refractivity contribution < 1.29 is 9.90 Å². The smallest absolute Gasteiger partial charge is 0.220 e. The van der Waals surface area contributed by atoms with Crippen molar-refractivity contribution in [1.29, 1.82) is 0 Å². The summed E-state index contributed by atoms with van der Waals surface area (Å²) in [4.78, 5) is 11.4. The molecule has 0 bridgehead atoms. The van der Waals surface area contributed by atoms with E-state index in [1.54, 1.807) is 6.92 Å². The molecule has 1 aromatic carbocycles. The third-order valence-electron chi connectivity index (χ3n) is 2.71. The number of nitrogens with one attached hydrogen (secondary N) is 1. The summed E-state index contributed by atoms with van der Waals surface area (Å²) < 4.78 is 1.09. The van der Waals surface area contributed by atoms with E-state index in [2.05, 4.69) is 33.4 Å². The molecule has 1 atom stereocenters. The lowest BCUT2D eigenvalue weighted by Gasteiger charge is -2.10. The second-order valence-corrected chi connectivity index (χ2v) is 5.40. The highest BCUT2D eigenvalue weighted by atomic mass is 79.9. The van der Waals surface area contributed by atoms with Crippen molar-refractivity contribution in [2.45, 2.75) is 38.6 Å². The molecular weight excluding hydrogens is 294 g/mol. The average Bonchev–Trinajstić information content (AvgIpc) is 2.36. The largest absolute Gasteiger partial charge is 0.394 e. The van der Waals surface area contributed by atoms with Gasteiger partial charge in [0.2, 0.25) is 5.91 Å². The number of halogens is 1. The number of aliphatic hydroxyl groups excluding tert-OH is 1. The van der Waals surface area contributed by atoms with Crippen molar-refractivity contribution >= 4 is 21.8 Å². The zero-order valence-corrected chi connectivity index (χ0v) is 12.2. The van der Waals surface area contributed by atoms with E-state index in [0.717, 1.165) is 23.7 Å². The number of rotatable bonds is 7. The third kappa shape index (κ3) is 6.17. The molecule has 0 saturated carbocycles. The number of hydrogen-bond acceptors (Lipinski definition) is 2. The van der Waals surface area contributed by atoms with Crippen LogP contribution < -0.4 is 5.32 Å². The standard InChI is InChI=1S/C14H20BrNO2/c1-11(10-17)16-14(18)5-3-2-4-12-6-8-13(15)9-7-12/h6-9,11,17H,2-5,10H2,1H3,(H,16,18).